The molecule has 0 atom stereocenters. The van der Waals surface area contributed by atoms with Crippen LogP contribution in [-0.4, -0.2) is 28.0 Å². The van der Waals surface area contributed by atoms with E-state index >= 15 is 0 Å². The van der Waals surface area contributed by atoms with Crippen molar-refractivity contribution in [3.8, 4) is 5.88 Å². The highest BCUT2D eigenvalue weighted by Gasteiger charge is 2.16. The van der Waals surface area contributed by atoms with Gasteiger partial charge in [0.05, 0.1) is 6.61 Å². The topological polar surface area (TPSA) is 47.0 Å². The lowest BCUT2D eigenvalue weighted by Gasteiger charge is -2.23. The van der Waals surface area contributed by atoms with Crippen LogP contribution in [0, 0.1) is 0 Å². The van der Waals surface area contributed by atoms with E-state index in [1.807, 2.05) is 20.8 Å². The van der Waals surface area contributed by atoms with Gasteiger partial charge in [0.25, 0.3) is 0 Å². The van der Waals surface area contributed by atoms with Gasteiger partial charge >= 0.3 is 0 Å². The van der Waals surface area contributed by atoms with E-state index in [2.05, 4.69) is 15.3 Å². The summed E-state index contributed by atoms with van der Waals surface area (Å²) in [6.45, 7) is 6.51. The van der Waals surface area contributed by atoms with Crippen molar-refractivity contribution < 1.29 is 4.74 Å². The summed E-state index contributed by atoms with van der Waals surface area (Å²) in [4.78, 5) is 8.07. The monoisotopic (exact) mass is 229 g/mol. The van der Waals surface area contributed by atoms with Gasteiger partial charge in [-0.25, -0.2) is 9.97 Å². The molecule has 0 radical (unpaired) electrons. The number of hydrogen-bond acceptors (Lipinski definition) is 4. The molecule has 0 aromatic carbocycles. The number of alkyl halides is 1. The zero-order valence-electron chi connectivity index (χ0n) is 9.25. The average Bonchev–Trinajstić information content (AvgIpc) is 2.18. The minimum Gasteiger partial charge on any atom is -0.478 e. The van der Waals surface area contributed by atoms with E-state index in [0.29, 0.717) is 18.4 Å². The van der Waals surface area contributed by atoms with Gasteiger partial charge in [-0.2, -0.15) is 0 Å². The number of aromatic nitrogens is 2. The van der Waals surface area contributed by atoms with Crippen LogP contribution in [-0.2, 0) is 0 Å². The predicted molar refractivity (Wildman–Crippen MR) is 61.6 cm³/mol. The van der Waals surface area contributed by atoms with Crippen molar-refractivity contribution in [2.75, 3.05) is 17.8 Å². The molecule has 4 nitrogen and oxygen atoms in total. The molecule has 0 fully saturated rings. The Morgan fingerprint density at radius 1 is 1.47 bits per heavy atom. The van der Waals surface area contributed by atoms with E-state index in [1.54, 1.807) is 6.07 Å². The number of halogens is 1. The van der Waals surface area contributed by atoms with Crippen molar-refractivity contribution in [1.29, 1.82) is 0 Å². The van der Waals surface area contributed by atoms with Crippen LogP contribution in [0.25, 0.3) is 0 Å². The summed E-state index contributed by atoms with van der Waals surface area (Å²) < 4.78 is 5.27. The van der Waals surface area contributed by atoms with Crippen LogP contribution in [0.15, 0.2) is 12.4 Å². The normalized spacial score (nSPS) is 11.2. The first-order valence-corrected chi connectivity index (χ1v) is 5.40. The zero-order chi connectivity index (χ0) is 11.3. The minimum atomic E-state index is -0.195. The Hall–Kier alpha value is -1.03. The lowest BCUT2D eigenvalue weighted by Crippen LogP contribution is -2.33. The Bertz CT molecular complexity index is 317. The first kappa shape index (κ1) is 12.0. The van der Waals surface area contributed by atoms with Crippen molar-refractivity contribution in [3.63, 3.8) is 0 Å². The van der Waals surface area contributed by atoms with Gasteiger partial charge in [0, 0.05) is 17.5 Å². The third-order valence-corrected chi connectivity index (χ3v) is 2.40. The molecule has 1 rings (SSSR count). The molecule has 0 unspecified atom stereocenters. The SMILES string of the molecule is CCOc1cc(NC(C)(C)CCl)ncn1. The Kier molecular flexibility index (Phi) is 4.15. The molecule has 1 aromatic heterocycles. The average molecular weight is 230 g/mol. The van der Waals surface area contributed by atoms with E-state index in [0.717, 1.165) is 5.82 Å². The first-order valence-electron chi connectivity index (χ1n) is 4.86. The Balaban J connectivity index is 2.73. The lowest BCUT2D eigenvalue weighted by atomic mass is 10.1. The molecule has 84 valence electrons. The maximum absolute atomic E-state index is 5.81. The fraction of sp³-hybridized carbons (Fsp3) is 0.600. The van der Waals surface area contributed by atoms with Crippen molar-refractivity contribution in [1.82, 2.24) is 9.97 Å². The van der Waals surface area contributed by atoms with E-state index in [4.69, 9.17) is 16.3 Å². The summed E-state index contributed by atoms with van der Waals surface area (Å²) in [5.41, 5.74) is -0.195. The molecular weight excluding hydrogens is 214 g/mol. The van der Waals surface area contributed by atoms with E-state index < -0.39 is 0 Å². The maximum Gasteiger partial charge on any atom is 0.218 e. The molecule has 0 aliphatic rings. The summed E-state index contributed by atoms with van der Waals surface area (Å²) in [6.07, 6.45) is 1.47. The highest BCUT2D eigenvalue weighted by Crippen LogP contribution is 2.16. The second-order valence-corrected chi connectivity index (χ2v) is 4.08. The van der Waals surface area contributed by atoms with Gasteiger partial charge in [0.2, 0.25) is 5.88 Å². The number of ether oxygens (including phenoxy) is 1. The molecule has 0 aliphatic carbocycles. The standard InChI is InChI=1S/C10H16ClN3O/c1-4-15-9-5-8(12-7-13-9)14-10(2,3)6-11/h5,7H,4,6H2,1-3H3,(H,12,13,14). The second-order valence-electron chi connectivity index (χ2n) is 3.82. The maximum atomic E-state index is 5.81. The molecular formula is C10H16ClN3O. The molecule has 0 spiro atoms. The van der Waals surface area contributed by atoms with Gasteiger partial charge < -0.3 is 10.1 Å². The van der Waals surface area contributed by atoms with Crippen LogP contribution in [0.5, 0.6) is 5.88 Å². The van der Waals surface area contributed by atoms with Crippen LogP contribution in [0.2, 0.25) is 0 Å². The molecule has 0 amide bonds. The summed E-state index contributed by atoms with van der Waals surface area (Å²) >= 11 is 5.81. The third-order valence-electron chi connectivity index (χ3n) is 1.73. The Morgan fingerprint density at radius 2 is 2.20 bits per heavy atom. The quantitative estimate of drug-likeness (QED) is 0.788. The Labute approximate surface area is 95.0 Å². The number of rotatable bonds is 5. The number of anilines is 1. The predicted octanol–water partition coefficient (Wildman–Crippen LogP) is 2.30. The van der Waals surface area contributed by atoms with Crippen molar-refractivity contribution in [3.05, 3.63) is 12.4 Å². The molecule has 1 aromatic rings. The van der Waals surface area contributed by atoms with Gasteiger partial charge in [-0.1, -0.05) is 0 Å². The van der Waals surface area contributed by atoms with E-state index in [9.17, 15) is 0 Å². The molecule has 5 heteroatoms. The zero-order valence-corrected chi connectivity index (χ0v) is 10.0. The molecule has 0 aliphatic heterocycles. The molecule has 0 saturated heterocycles. The molecule has 15 heavy (non-hydrogen) atoms. The van der Waals surface area contributed by atoms with E-state index in [1.165, 1.54) is 6.33 Å². The molecule has 1 heterocycles. The summed E-state index contributed by atoms with van der Waals surface area (Å²) in [5, 5.41) is 3.20. The van der Waals surface area contributed by atoms with Gasteiger partial charge in [-0.3, -0.25) is 0 Å². The van der Waals surface area contributed by atoms with Gasteiger partial charge in [-0.05, 0) is 20.8 Å². The lowest BCUT2D eigenvalue weighted by molar-refractivity contribution is 0.326. The van der Waals surface area contributed by atoms with Gasteiger partial charge in [-0.15, -0.1) is 11.6 Å². The van der Waals surface area contributed by atoms with Crippen LogP contribution < -0.4 is 10.1 Å². The number of nitrogens with one attached hydrogen (secondary N) is 1. The number of nitrogens with zero attached hydrogens (tertiary/aromatic N) is 2. The molecule has 0 saturated carbocycles. The second kappa shape index (κ2) is 5.16. The van der Waals surface area contributed by atoms with Gasteiger partial charge in [0.1, 0.15) is 12.1 Å². The highest BCUT2D eigenvalue weighted by molar-refractivity contribution is 6.18. The minimum absolute atomic E-state index is 0.195. The van der Waals surface area contributed by atoms with Crippen molar-refractivity contribution in [2.45, 2.75) is 26.3 Å². The van der Waals surface area contributed by atoms with Crippen molar-refractivity contribution in [2.24, 2.45) is 0 Å². The van der Waals surface area contributed by atoms with Crippen LogP contribution in [0.3, 0.4) is 0 Å². The summed E-state index contributed by atoms with van der Waals surface area (Å²) in [6, 6.07) is 1.76. The fourth-order valence-electron chi connectivity index (χ4n) is 1.01. The Morgan fingerprint density at radius 3 is 2.80 bits per heavy atom. The smallest absolute Gasteiger partial charge is 0.218 e. The van der Waals surface area contributed by atoms with Crippen LogP contribution in [0.4, 0.5) is 5.82 Å². The fourth-order valence-corrected chi connectivity index (χ4v) is 1.08. The van der Waals surface area contributed by atoms with Crippen LogP contribution in [0.1, 0.15) is 20.8 Å². The molecule has 0 bridgehead atoms. The van der Waals surface area contributed by atoms with Gasteiger partial charge in [0.15, 0.2) is 0 Å². The van der Waals surface area contributed by atoms with E-state index in [-0.39, 0.29) is 5.54 Å². The highest BCUT2D eigenvalue weighted by atomic mass is 35.5. The number of hydrogen-bond donors (Lipinski definition) is 1. The third kappa shape index (κ3) is 3.91. The summed E-state index contributed by atoms with van der Waals surface area (Å²) in [5.74, 6) is 1.79. The largest absolute Gasteiger partial charge is 0.478 e. The van der Waals surface area contributed by atoms with Crippen molar-refractivity contribution >= 4 is 17.4 Å². The molecule has 1 N–H and O–H groups in total. The summed E-state index contributed by atoms with van der Waals surface area (Å²) in [7, 11) is 0. The van der Waals surface area contributed by atoms with Crippen LogP contribution >= 0.6 is 11.6 Å². The first-order chi connectivity index (χ1) is 7.07.